The number of amides is 2. The quantitative estimate of drug-likeness (QED) is 0.357. The summed E-state index contributed by atoms with van der Waals surface area (Å²) in [5.74, 6) is -0.776. The molecule has 0 aliphatic heterocycles. The first-order valence-electron chi connectivity index (χ1n) is 11.7. The van der Waals surface area contributed by atoms with E-state index in [1.54, 1.807) is 26.7 Å². The molecule has 0 saturated carbocycles. The van der Waals surface area contributed by atoms with Crippen LogP contribution in [0, 0.1) is 12.3 Å². The monoisotopic (exact) mass is 487 g/mol. The van der Waals surface area contributed by atoms with Crippen LogP contribution in [0.1, 0.15) is 37.3 Å². The third kappa shape index (κ3) is 9.56. The van der Waals surface area contributed by atoms with Crippen LogP contribution in [0.25, 0.3) is 0 Å². The van der Waals surface area contributed by atoms with Gasteiger partial charge in [0.15, 0.2) is 5.67 Å². The first-order chi connectivity index (χ1) is 16.6. The summed E-state index contributed by atoms with van der Waals surface area (Å²) in [4.78, 5) is 24.3. The number of aliphatic hydroxyl groups is 1. The second-order valence-electron chi connectivity index (χ2n) is 8.79. The molecule has 191 valence electrons. The maximum absolute atomic E-state index is 14.5. The molecule has 0 aliphatic rings. The largest absolute Gasteiger partial charge is 0.497 e. The molecule has 1 radical (unpaired) electrons. The van der Waals surface area contributed by atoms with Gasteiger partial charge in [-0.25, -0.2) is 4.39 Å². The van der Waals surface area contributed by atoms with Crippen molar-refractivity contribution in [2.75, 3.05) is 20.8 Å². The lowest BCUT2D eigenvalue weighted by Gasteiger charge is -2.23. The summed E-state index contributed by atoms with van der Waals surface area (Å²) in [5.41, 5.74) is 4.87. The predicted molar refractivity (Wildman–Crippen MR) is 133 cm³/mol. The van der Waals surface area contributed by atoms with Gasteiger partial charge >= 0.3 is 0 Å². The number of primary amides is 1. The summed E-state index contributed by atoms with van der Waals surface area (Å²) in [6.45, 7) is 1.44. The molecule has 4 N–H and O–H groups in total. The molecule has 2 aromatic rings. The van der Waals surface area contributed by atoms with E-state index in [4.69, 9.17) is 15.2 Å². The van der Waals surface area contributed by atoms with Gasteiger partial charge in [-0.05, 0) is 68.7 Å². The number of carbonyl (C=O) groups is 2. The smallest absolute Gasteiger partial charge is 0.254 e. The van der Waals surface area contributed by atoms with Crippen LogP contribution in [-0.2, 0) is 22.4 Å². The average Bonchev–Trinajstić information content (AvgIpc) is 2.85. The lowest BCUT2D eigenvalue weighted by Crippen LogP contribution is -2.39. The number of benzene rings is 2. The topological polar surface area (TPSA) is 111 Å². The molecule has 8 heteroatoms. The summed E-state index contributed by atoms with van der Waals surface area (Å²) in [6, 6.07) is 15.1. The molecular formula is C27H36FN2O5. The number of rotatable bonds is 15. The van der Waals surface area contributed by atoms with Gasteiger partial charge in [0.25, 0.3) is 5.91 Å². The molecule has 1 unspecified atom stereocenters. The van der Waals surface area contributed by atoms with Crippen molar-refractivity contribution >= 4 is 11.8 Å². The highest BCUT2D eigenvalue weighted by atomic mass is 19.1. The van der Waals surface area contributed by atoms with Crippen molar-refractivity contribution < 1.29 is 28.6 Å². The molecule has 0 heterocycles. The minimum atomic E-state index is -2.23. The normalized spacial score (nSPS) is 14.4. The van der Waals surface area contributed by atoms with Gasteiger partial charge in [0, 0.05) is 18.5 Å². The highest BCUT2D eigenvalue weighted by Gasteiger charge is 2.33. The van der Waals surface area contributed by atoms with Crippen molar-refractivity contribution in [2.24, 2.45) is 11.7 Å². The lowest BCUT2D eigenvalue weighted by molar-refractivity contribution is -0.131. The summed E-state index contributed by atoms with van der Waals surface area (Å²) < 4.78 is 25.0. The second-order valence-corrected chi connectivity index (χ2v) is 8.79. The minimum absolute atomic E-state index is 0.0744. The summed E-state index contributed by atoms with van der Waals surface area (Å²) in [5, 5.41) is 13.4. The number of halogens is 1. The van der Waals surface area contributed by atoms with Crippen LogP contribution in [0.5, 0.6) is 11.5 Å². The Morgan fingerprint density at radius 3 is 2.31 bits per heavy atom. The van der Waals surface area contributed by atoms with Crippen molar-refractivity contribution in [1.29, 1.82) is 0 Å². The standard InChI is InChI=1S/C27H36FN2O5/c1-27(28,26(29)33)13-11-21(17-22(31)10-9-19-7-5-4-6-8-19)25(32)30-14-12-20-15-23(34-2)18-24(16-20)35-3/h4-8,10,15-16,18,21-22,31H,9,11-14,17H2,1-3H3,(H2,29,33)(H,30,32)/t21-,22+,27?/m1/s1. The molecule has 0 spiro atoms. The molecule has 2 aromatic carbocycles. The van der Waals surface area contributed by atoms with E-state index in [-0.39, 0.29) is 25.2 Å². The number of nitrogens with one attached hydrogen (secondary N) is 1. The van der Waals surface area contributed by atoms with Crippen LogP contribution in [0.4, 0.5) is 4.39 Å². The molecule has 3 atom stereocenters. The van der Waals surface area contributed by atoms with Gasteiger partial charge in [0.2, 0.25) is 5.91 Å². The Morgan fingerprint density at radius 2 is 1.74 bits per heavy atom. The number of hydrogen-bond acceptors (Lipinski definition) is 5. The predicted octanol–water partition coefficient (Wildman–Crippen LogP) is 3.17. The number of hydrogen-bond donors (Lipinski definition) is 3. The molecular weight excluding hydrogens is 451 g/mol. The van der Waals surface area contributed by atoms with Crippen LogP contribution in [0.3, 0.4) is 0 Å². The Balaban J connectivity index is 1.98. The van der Waals surface area contributed by atoms with Gasteiger partial charge in [-0.1, -0.05) is 30.3 Å². The molecule has 0 aromatic heterocycles. The van der Waals surface area contributed by atoms with E-state index >= 15 is 0 Å². The van der Waals surface area contributed by atoms with Gasteiger partial charge in [-0.15, -0.1) is 0 Å². The van der Waals surface area contributed by atoms with Crippen molar-refractivity contribution in [3.05, 3.63) is 66.1 Å². The second kappa shape index (κ2) is 13.7. The molecule has 7 nitrogen and oxygen atoms in total. The number of ether oxygens (including phenoxy) is 2. The lowest BCUT2D eigenvalue weighted by atomic mass is 9.88. The first-order valence-corrected chi connectivity index (χ1v) is 11.7. The fourth-order valence-electron chi connectivity index (χ4n) is 3.68. The number of alkyl halides is 1. The summed E-state index contributed by atoms with van der Waals surface area (Å²) >= 11 is 0. The zero-order valence-corrected chi connectivity index (χ0v) is 20.6. The minimum Gasteiger partial charge on any atom is -0.497 e. The molecule has 2 amide bonds. The summed E-state index contributed by atoms with van der Waals surface area (Å²) in [6.07, 6.45) is 1.89. The highest BCUT2D eigenvalue weighted by Crippen LogP contribution is 2.25. The Bertz CT molecular complexity index is 930. The molecule has 0 saturated heterocycles. The Hall–Kier alpha value is -3.13. The zero-order valence-electron chi connectivity index (χ0n) is 20.6. The molecule has 0 fully saturated rings. The van der Waals surface area contributed by atoms with E-state index in [9.17, 15) is 19.1 Å². The molecule has 0 aliphatic carbocycles. The van der Waals surface area contributed by atoms with Crippen LogP contribution < -0.4 is 20.5 Å². The summed E-state index contributed by atoms with van der Waals surface area (Å²) in [7, 11) is 3.13. The third-order valence-corrected chi connectivity index (χ3v) is 5.97. The third-order valence-electron chi connectivity index (χ3n) is 5.97. The van der Waals surface area contributed by atoms with Crippen molar-refractivity contribution in [2.45, 2.75) is 50.8 Å². The number of aliphatic hydroxyl groups excluding tert-OH is 1. The van der Waals surface area contributed by atoms with Crippen LogP contribution in [-0.4, -0.2) is 49.5 Å². The van der Waals surface area contributed by atoms with Gasteiger partial charge in [0.05, 0.1) is 20.3 Å². The SMILES string of the molecule is COc1cc(CCNC(=O)[C@H](CCC(C)(F)C(N)=O)C[C@@H](O)[CH]Cc2ccccc2)cc(OC)c1. The van der Waals surface area contributed by atoms with Crippen molar-refractivity contribution in [3.63, 3.8) is 0 Å². The van der Waals surface area contributed by atoms with Crippen LogP contribution >= 0.6 is 0 Å². The fourth-order valence-corrected chi connectivity index (χ4v) is 3.68. The molecule has 2 rings (SSSR count). The Morgan fingerprint density at radius 1 is 1.11 bits per heavy atom. The molecule has 0 bridgehead atoms. The first kappa shape index (κ1) is 28.1. The Kier molecular flexibility index (Phi) is 11.0. The van der Waals surface area contributed by atoms with Gasteiger partial charge in [0.1, 0.15) is 11.5 Å². The average molecular weight is 488 g/mol. The van der Waals surface area contributed by atoms with E-state index in [2.05, 4.69) is 5.32 Å². The number of carbonyl (C=O) groups excluding carboxylic acids is 2. The van der Waals surface area contributed by atoms with Crippen molar-refractivity contribution in [3.8, 4) is 11.5 Å². The fraction of sp³-hybridized carbons (Fsp3) is 0.444. The zero-order chi connectivity index (χ0) is 25.8. The maximum Gasteiger partial charge on any atom is 0.254 e. The maximum atomic E-state index is 14.5. The van der Waals surface area contributed by atoms with E-state index in [0.29, 0.717) is 30.9 Å². The van der Waals surface area contributed by atoms with Gasteiger partial charge in [-0.3, -0.25) is 9.59 Å². The number of nitrogens with two attached hydrogens (primary N) is 1. The molecule has 35 heavy (non-hydrogen) atoms. The highest BCUT2D eigenvalue weighted by molar-refractivity contribution is 5.83. The van der Waals surface area contributed by atoms with E-state index in [0.717, 1.165) is 18.1 Å². The van der Waals surface area contributed by atoms with Gasteiger partial charge < -0.3 is 25.6 Å². The van der Waals surface area contributed by atoms with Crippen LogP contribution in [0.2, 0.25) is 0 Å². The van der Waals surface area contributed by atoms with E-state index in [1.165, 1.54) is 0 Å². The van der Waals surface area contributed by atoms with E-state index < -0.39 is 23.6 Å². The number of methoxy groups -OCH3 is 2. The van der Waals surface area contributed by atoms with Crippen LogP contribution in [0.15, 0.2) is 48.5 Å². The Labute approximate surface area is 206 Å². The van der Waals surface area contributed by atoms with Crippen molar-refractivity contribution in [1.82, 2.24) is 5.32 Å². The van der Waals surface area contributed by atoms with Gasteiger partial charge in [-0.2, -0.15) is 0 Å². The van der Waals surface area contributed by atoms with E-state index in [1.807, 2.05) is 42.5 Å².